The Kier molecular flexibility index (Phi) is 4.14. The van der Waals surface area contributed by atoms with Gasteiger partial charge in [-0.15, -0.1) is 0 Å². The molecule has 1 aromatic heterocycles. The van der Waals surface area contributed by atoms with Crippen molar-refractivity contribution < 1.29 is 9.53 Å². The fraction of sp³-hybridized carbons (Fsp3) is 0.778. The number of carbonyl (C=O) groups is 1. The predicted molar refractivity (Wildman–Crippen MR) is 87.2 cm³/mol. The number of carbonyl (C=O) groups excluding carboxylic acids is 1. The summed E-state index contributed by atoms with van der Waals surface area (Å²) in [5.74, 6) is 0.0710. The van der Waals surface area contributed by atoms with Crippen LogP contribution in [0.3, 0.4) is 0 Å². The summed E-state index contributed by atoms with van der Waals surface area (Å²) in [6.45, 7) is 0.646. The van der Waals surface area contributed by atoms with E-state index in [0.717, 1.165) is 25.0 Å². The molecule has 1 aliphatic heterocycles. The van der Waals surface area contributed by atoms with Gasteiger partial charge in [0.1, 0.15) is 0 Å². The Balaban J connectivity index is 1.28. The van der Waals surface area contributed by atoms with Gasteiger partial charge in [-0.2, -0.15) is 5.10 Å². The summed E-state index contributed by atoms with van der Waals surface area (Å²) < 4.78 is 6.25. The van der Waals surface area contributed by atoms with Crippen molar-refractivity contribution in [2.24, 2.45) is 0 Å². The zero-order valence-corrected chi connectivity index (χ0v) is 13.8. The average molecular weight is 317 g/mol. The molecule has 1 saturated heterocycles. The maximum absolute atomic E-state index is 12.3. The van der Waals surface area contributed by atoms with Crippen molar-refractivity contribution in [3.8, 4) is 0 Å². The number of nitrogens with zero attached hydrogens (tertiary/aromatic N) is 1. The molecule has 1 atom stereocenters. The van der Waals surface area contributed by atoms with E-state index in [9.17, 15) is 4.79 Å². The molecule has 2 fully saturated rings. The molecule has 4 rings (SSSR count). The molecule has 5 nitrogen and oxygen atoms in total. The summed E-state index contributed by atoms with van der Waals surface area (Å²) in [4.78, 5) is 12.3. The smallest absolute Gasteiger partial charge is 0.226 e. The number of amides is 1. The molecule has 1 saturated carbocycles. The SMILES string of the molecule is O=C(Cc1n[nH]c2c1CCCC2)NCC1CCCC2(CCC2)O1. The molecule has 126 valence electrons. The summed E-state index contributed by atoms with van der Waals surface area (Å²) in [6.07, 6.45) is 12.4. The molecule has 2 aliphatic carbocycles. The monoisotopic (exact) mass is 317 g/mol. The fourth-order valence-corrected chi connectivity index (χ4v) is 4.34. The molecule has 0 bridgehead atoms. The molecular formula is C18H27N3O2. The van der Waals surface area contributed by atoms with Gasteiger partial charge < -0.3 is 10.1 Å². The molecular weight excluding hydrogens is 290 g/mol. The van der Waals surface area contributed by atoms with Crippen LogP contribution in [0.2, 0.25) is 0 Å². The van der Waals surface area contributed by atoms with Crippen LogP contribution in [0.25, 0.3) is 0 Å². The van der Waals surface area contributed by atoms with E-state index in [1.165, 1.54) is 56.2 Å². The number of rotatable bonds is 4. The lowest BCUT2D eigenvalue weighted by Gasteiger charge is -2.47. The van der Waals surface area contributed by atoms with Gasteiger partial charge in [0.15, 0.2) is 0 Å². The molecule has 1 aromatic rings. The van der Waals surface area contributed by atoms with Crippen molar-refractivity contribution in [1.82, 2.24) is 15.5 Å². The van der Waals surface area contributed by atoms with Crippen molar-refractivity contribution in [3.05, 3.63) is 17.0 Å². The minimum atomic E-state index is 0.0710. The first-order chi connectivity index (χ1) is 11.2. The summed E-state index contributed by atoms with van der Waals surface area (Å²) in [7, 11) is 0. The molecule has 1 amide bonds. The molecule has 0 radical (unpaired) electrons. The number of aromatic amines is 1. The second-order valence-electron chi connectivity index (χ2n) is 7.48. The lowest BCUT2D eigenvalue weighted by atomic mass is 9.74. The molecule has 3 aliphatic rings. The van der Waals surface area contributed by atoms with Crippen molar-refractivity contribution in [2.45, 2.75) is 82.3 Å². The van der Waals surface area contributed by atoms with E-state index in [-0.39, 0.29) is 17.6 Å². The maximum atomic E-state index is 12.3. The largest absolute Gasteiger partial charge is 0.370 e. The van der Waals surface area contributed by atoms with Gasteiger partial charge >= 0.3 is 0 Å². The van der Waals surface area contributed by atoms with Crippen molar-refractivity contribution in [3.63, 3.8) is 0 Å². The van der Waals surface area contributed by atoms with Crippen LogP contribution in [0.15, 0.2) is 0 Å². The van der Waals surface area contributed by atoms with Crippen molar-refractivity contribution in [2.75, 3.05) is 6.54 Å². The Bertz CT molecular complexity index is 577. The molecule has 5 heteroatoms. The van der Waals surface area contributed by atoms with Gasteiger partial charge in [-0.1, -0.05) is 0 Å². The van der Waals surface area contributed by atoms with Gasteiger partial charge in [0.05, 0.1) is 23.8 Å². The van der Waals surface area contributed by atoms with Crippen LogP contribution < -0.4 is 5.32 Å². The zero-order chi connectivity index (χ0) is 15.7. The van der Waals surface area contributed by atoms with E-state index in [2.05, 4.69) is 15.5 Å². The van der Waals surface area contributed by atoms with Crippen molar-refractivity contribution in [1.29, 1.82) is 0 Å². The minimum absolute atomic E-state index is 0.0710. The fourth-order valence-electron chi connectivity index (χ4n) is 4.34. The molecule has 0 aromatic carbocycles. The lowest BCUT2D eigenvalue weighted by molar-refractivity contribution is -0.168. The van der Waals surface area contributed by atoms with E-state index < -0.39 is 0 Å². The standard InChI is InChI=1S/C18H27N3O2/c22-17(11-16-14-6-1-2-7-15(14)20-21-16)19-12-13-5-3-8-18(23-13)9-4-10-18/h13H,1-12H2,(H,19,22)(H,20,21). The van der Waals surface area contributed by atoms with E-state index in [4.69, 9.17) is 4.74 Å². The Labute approximate surface area is 137 Å². The minimum Gasteiger partial charge on any atom is -0.370 e. The van der Waals surface area contributed by atoms with Crippen LogP contribution in [0, 0.1) is 0 Å². The van der Waals surface area contributed by atoms with Gasteiger partial charge in [-0.3, -0.25) is 9.89 Å². The zero-order valence-electron chi connectivity index (χ0n) is 13.8. The maximum Gasteiger partial charge on any atom is 0.226 e. The Morgan fingerprint density at radius 1 is 1.22 bits per heavy atom. The molecule has 2 heterocycles. The van der Waals surface area contributed by atoms with Crippen molar-refractivity contribution >= 4 is 5.91 Å². The van der Waals surface area contributed by atoms with E-state index in [0.29, 0.717) is 13.0 Å². The van der Waals surface area contributed by atoms with E-state index in [1.807, 2.05) is 0 Å². The number of aryl methyl sites for hydroxylation is 1. The highest BCUT2D eigenvalue weighted by Crippen LogP contribution is 2.43. The highest BCUT2D eigenvalue weighted by molar-refractivity contribution is 5.78. The first kappa shape index (κ1) is 15.2. The van der Waals surface area contributed by atoms with Crippen LogP contribution in [-0.4, -0.2) is 34.4 Å². The highest BCUT2D eigenvalue weighted by atomic mass is 16.5. The third-order valence-corrected chi connectivity index (χ3v) is 5.84. The summed E-state index contributed by atoms with van der Waals surface area (Å²) in [6, 6.07) is 0. The topological polar surface area (TPSA) is 67.0 Å². The Hall–Kier alpha value is -1.36. The number of hydrogen-bond donors (Lipinski definition) is 2. The first-order valence-corrected chi connectivity index (χ1v) is 9.24. The van der Waals surface area contributed by atoms with E-state index >= 15 is 0 Å². The number of H-pyrrole nitrogens is 1. The van der Waals surface area contributed by atoms with Gasteiger partial charge in [0, 0.05) is 12.2 Å². The first-order valence-electron chi connectivity index (χ1n) is 9.24. The number of nitrogens with one attached hydrogen (secondary N) is 2. The predicted octanol–water partition coefficient (Wildman–Crippen LogP) is 2.44. The van der Waals surface area contributed by atoms with Gasteiger partial charge in [-0.05, 0) is 69.8 Å². The summed E-state index contributed by atoms with van der Waals surface area (Å²) in [5, 5.41) is 10.5. The van der Waals surface area contributed by atoms with Crippen LogP contribution >= 0.6 is 0 Å². The Morgan fingerprint density at radius 3 is 2.87 bits per heavy atom. The lowest BCUT2D eigenvalue weighted by Crippen LogP contribution is -2.49. The van der Waals surface area contributed by atoms with E-state index in [1.54, 1.807) is 0 Å². The number of aromatic nitrogens is 2. The number of fused-ring (bicyclic) bond motifs is 1. The highest BCUT2D eigenvalue weighted by Gasteiger charge is 2.42. The normalized spacial score (nSPS) is 25.7. The van der Waals surface area contributed by atoms with Gasteiger partial charge in [0.2, 0.25) is 5.91 Å². The average Bonchev–Trinajstić information content (AvgIpc) is 2.95. The third kappa shape index (κ3) is 3.16. The number of ether oxygens (including phenoxy) is 1. The van der Waals surface area contributed by atoms with Gasteiger partial charge in [0.25, 0.3) is 0 Å². The molecule has 1 spiro atoms. The molecule has 23 heavy (non-hydrogen) atoms. The van der Waals surface area contributed by atoms with Crippen LogP contribution in [0.1, 0.15) is 68.3 Å². The van der Waals surface area contributed by atoms with Gasteiger partial charge in [-0.25, -0.2) is 0 Å². The quantitative estimate of drug-likeness (QED) is 0.896. The third-order valence-electron chi connectivity index (χ3n) is 5.84. The van der Waals surface area contributed by atoms with Crippen LogP contribution in [0.5, 0.6) is 0 Å². The number of hydrogen-bond acceptors (Lipinski definition) is 3. The summed E-state index contributed by atoms with van der Waals surface area (Å²) in [5.41, 5.74) is 3.63. The Morgan fingerprint density at radius 2 is 2.04 bits per heavy atom. The second kappa shape index (κ2) is 6.27. The molecule has 1 unspecified atom stereocenters. The second-order valence-corrected chi connectivity index (χ2v) is 7.48. The molecule has 2 N–H and O–H groups in total. The van der Waals surface area contributed by atoms with Crippen LogP contribution in [0.4, 0.5) is 0 Å². The summed E-state index contributed by atoms with van der Waals surface area (Å²) >= 11 is 0. The van der Waals surface area contributed by atoms with Crippen LogP contribution in [-0.2, 0) is 28.8 Å².